The predicted molar refractivity (Wildman–Crippen MR) is 74.6 cm³/mol. The van der Waals surface area contributed by atoms with Crippen molar-refractivity contribution in [2.75, 3.05) is 6.54 Å². The van der Waals surface area contributed by atoms with Gasteiger partial charge in [-0.2, -0.15) is 0 Å². The van der Waals surface area contributed by atoms with Crippen molar-refractivity contribution < 1.29 is 4.42 Å². The van der Waals surface area contributed by atoms with Crippen LogP contribution in [0.3, 0.4) is 0 Å². The van der Waals surface area contributed by atoms with Crippen molar-refractivity contribution in [2.24, 2.45) is 5.92 Å². The van der Waals surface area contributed by atoms with Gasteiger partial charge in [0.15, 0.2) is 0 Å². The van der Waals surface area contributed by atoms with Crippen LogP contribution in [-0.4, -0.2) is 6.54 Å². The number of furan rings is 1. The van der Waals surface area contributed by atoms with E-state index in [9.17, 15) is 0 Å². The molecule has 1 aromatic carbocycles. The molecule has 2 aromatic rings. The first-order chi connectivity index (χ1) is 8.90. The SMILES string of the molecule is CCCNC(c1coc2ccccc12)C1CCC1. The molecule has 96 valence electrons. The molecule has 1 heterocycles. The third kappa shape index (κ3) is 2.05. The van der Waals surface area contributed by atoms with E-state index in [0.717, 1.165) is 18.0 Å². The summed E-state index contributed by atoms with van der Waals surface area (Å²) in [5, 5.41) is 4.98. The number of benzene rings is 1. The lowest BCUT2D eigenvalue weighted by Gasteiger charge is -2.34. The Morgan fingerprint density at radius 3 is 2.89 bits per heavy atom. The Bertz CT molecular complexity index is 513. The molecular weight excluding hydrogens is 222 g/mol. The first-order valence-corrected chi connectivity index (χ1v) is 7.09. The van der Waals surface area contributed by atoms with Gasteiger partial charge in [0.1, 0.15) is 5.58 Å². The summed E-state index contributed by atoms with van der Waals surface area (Å²) in [6, 6.07) is 8.83. The van der Waals surface area contributed by atoms with Crippen LogP contribution in [-0.2, 0) is 0 Å². The maximum Gasteiger partial charge on any atom is 0.134 e. The van der Waals surface area contributed by atoms with Crippen LogP contribution < -0.4 is 5.32 Å². The maximum atomic E-state index is 5.69. The first kappa shape index (κ1) is 11.8. The van der Waals surface area contributed by atoms with Crippen molar-refractivity contribution >= 4 is 11.0 Å². The zero-order valence-electron chi connectivity index (χ0n) is 11.0. The van der Waals surface area contributed by atoms with Gasteiger partial charge in [-0.05, 0) is 37.8 Å². The Kier molecular flexibility index (Phi) is 3.37. The zero-order valence-corrected chi connectivity index (χ0v) is 11.0. The molecule has 1 N–H and O–H groups in total. The summed E-state index contributed by atoms with van der Waals surface area (Å²) >= 11 is 0. The highest BCUT2D eigenvalue weighted by Crippen LogP contribution is 2.40. The Labute approximate surface area is 108 Å². The third-order valence-corrected chi connectivity index (χ3v) is 4.08. The summed E-state index contributed by atoms with van der Waals surface area (Å²) in [4.78, 5) is 0. The molecule has 0 saturated heterocycles. The number of nitrogens with one attached hydrogen (secondary N) is 1. The maximum absolute atomic E-state index is 5.69. The van der Waals surface area contributed by atoms with Crippen molar-refractivity contribution in [2.45, 2.75) is 38.6 Å². The van der Waals surface area contributed by atoms with Crippen LogP contribution in [0.5, 0.6) is 0 Å². The van der Waals surface area contributed by atoms with Crippen LogP contribution in [0.25, 0.3) is 11.0 Å². The lowest BCUT2D eigenvalue weighted by molar-refractivity contribution is 0.231. The van der Waals surface area contributed by atoms with E-state index in [1.807, 2.05) is 12.3 Å². The average Bonchev–Trinajstić information content (AvgIpc) is 2.76. The molecule has 2 nitrogen and oxygen atoms in total. The quantitative estimate of drug-likeness (QED) is 0.848. The monoisotopic (exact) mass is 243 g/mol. The van der Waals surface area contributed by atoms with Crippen LogP contribution in [0.15, 0.2) is 34.9 Å². The number of para-hydroxylation sites is 1. The zero-order chi connectivity index (χ0) is 12.4. The molecule has 1 aliphatic carbocycles. The number of hydrogen-bond donors (Lipinski definition) is 1. The molecule has 0 radical (unpaired) electrons. The van der Waals surface area contributed by atoms with Gasteiger partial charge < -0.3 is 9.73 Å². The fourth-order valence-corrected chi connectivity index (χ4v) is 2.84. The molecule has 0 amide bonds. The highest BCUT2D eigenvalue weighted by molar-refractivity contribution is 5.81. The smallest absolute Gasteiger partial charge is 0.134 e. The molecule has 3 rings (SSSR count). The fourth-order valence-electron chi connectivity index (χ4n) is 2.84. The van der Waals surface area contributed by atoms with Gasteiger partial charge in [-0.1, -0.05) is 31.5 Å². The normalized spacial score (nSPS) is 17.8. The minimum Gasteiger partial charge on any atom is -0.464 e. The largest absolute Gasteiger partial charge is 0.464 e. The molecule has 2 heteroatoms. The van der Waals surface area contributed by atoms with Crippen molar-refractivity contribution in [3.8, 4) is 0 Å². The lowest BCUT2D eigenvalue weighted by Crippen LogP contribution is -2.32. The molecule has 18 heavy (non-hydrogen) atoms. The molecule has 1 saturated carbocycles. The van der Waals surface area contributed by atoms with Crippen molar-refractivity contribution in [1.82, 2.24) is 5.32 Å². The Hall–Kier alpha value is -1.28. The van der Waals surface area contributed by atoms with Gasteiger partial charge in [-0.3, -0.25) is 0 Å². The second kappa shape index (κ2) is 5.15. The van der Waals surface area contributed by atoms with E-state index in [2.05, 4.69) is 30.4 Å². The van der Waals surface area contributed by atoms with Gasteiger partial charge in [0, 0.05) is 17.0 Å². The van der Waals surface area contributed by atoms with Crippen LogP contribution in [0.2, 0.25) is 0 Å². The molecule has 0 bridgehead atoms. The van der Waals surface area contributed by atoms with E-state index in [1.165, 1.54) is 36.6 Å². The molecule has 0 aliphatic heterocycles. The number of rotatable bonds is 5. The van der Waals surface area contributed by atoms with E-state index in [-0.39, 0.29) is 0 Å². The van der Waals surface area contributed by atoms with Crippen LogP contribution >= 0.6 is 0 Å². The van der Waals surface area contributed by atoms with Crippen molar-refractivity contribution in [3.05, 3.63) is 36.1 Å². The van der Waals surface area contributed by atoms with E-state index in [1.54, 1.807) is 0 Å². The summed E-state index contributed by atoms with van der Waals surface area (Å²) in [5.74, 6) is 0.789. The van der Waals surface area contributed by atoms with Gasteiger partial charge in [-0.25, -0.2) is 0 Å². The van der Waals surface area contributed by atoms with Crippen LogP contribution in [0.4, 0.5) is 0 Å². The molecule has 0 spiro atoms. The Morgan fingerprint density at radius 1 is 1.33 bits per heavy atom. The van der Waals surface area contributed by atoms with E-state index < -0.39 is 0 Å². The van der Waals surface area contributed by atoms with Gasteiger partial charge in [0.05, 0.1) is 6.26 Å². The second-order valence-corrected chi connectivity index (χ2v) is 5.31. The molecule has 1 aliphatic rings. The molecule has 1 fully saturated rings. The summed E-state index contributed by atoms with van der Waals surface area (Å²) in [6.45, 7) is 3.30. The summed E-state index contributed by atoms with van der Waals surface area (Å²) in [6.07, 6.45) is 7.21. The minimum absolute atomic E-state index is 0.474. The van der Waals surface area contributed by atoms with Gasteiger partial charge in [-0.15, -0.1) is 0 Å². The lowest BCUT2D eigenvalue weighted by atomic mass is 9.77. The summed E-state index contributed by atoms with van der Waals surface area (Å²) in [7, 11) is 0. The van der Waals surface area contributed by atoms with Gasteiger partial charge in [0.2, 0.25) is 0 Å². The third-order valence-electron chi connectivity index (χ3n) is 4.08. The first-order valence-electron chi connectivity index (χ1n) is 7.09. The molecule has 1 atom stereocenters. The Morgan fingerprint density at radius 2 is 2.17 bits per heavy atom. The van der Waals surface area contributed by atoms with Crippen LogP contribution in [0, 0.1) is 5.92 Å². The molecular formula is C16H21NO. The van der Waals surface area contributed by atoms with Crippen LogP contribution in [0.1, 0.15) is 44.2 Å². The summed E-state index contributed by atoms with van der Waals surface area (Å²) < 4.78 is 5.69. The minimum atomic E-state index is 0.474. The van der Waals surface area contributed by atoms with E-state index >= 15 is 0 Å². The van der Waals surface area contributed by atoms with Gasteiger partial charge >= 0.3 is 0 Å². The number of hydrogen-bond acceptors (Lipinski definition) is 2. The fraction of sp³-hybridized carbons (Fsp3) is 0.500. The van der Waals surface area contributed by atoms with Crippen molar-refractivity contribution in [3.63, 3.8) is 0 Å². The standard InChI is InChI=1S/C16H21NO/c1-2-10-17-16(12-6-5-7-12)14-11-18-15-9-4-3-8-13(14)15/h3-4,8-9,11-12,16-17H,2,5-7,10H2,1H3. The molecule has 1 aromatic heterocycles. The number of fused-ring (bicyclic) bond motifs is 1. The highest BCUT2D eigenvalue weighted by Gasteiger charge is 2.29. The van der Waals surface area contributed by atoms with Crippen molar-refractivity contribution in [1.29, 1.82) is 0 Å². The molecule has 1 unspecified atom stereocenters. The average molecular weight is 243 g/mol. The Balaban J connectivity index is 1.92. The predicted octanol–water partition coefficient (Wildman–Crippen LogP) is 4.27. The van der Waals surface area contributed by atoms with E-state index in [4.69, 9.17) is 4.42 Å². The topological polar surface area (TPSA) is 25.2 Å². The highest BCUT2D eigenvalue weighted by atomic mass is 16.3. The second-order valence-electron chi connectivity index (χ2n) is 5.31. The van der Waals surface area contributed by atoms with Gasteiger partial charge in [0.25, 0.3) is 0 Å². The summed E-state index contributed by atoms with van der Waals surface area (Å²) in [5.41, 5.74) is 2.36. The van der Waals surface area contributed by atoms with E-state index in [0.29, 0.717) is 6.04 Å².